The SMILES string of the molecule is CC(=O)Nc1ccc(C(CC(C)C(N)[C@@H](O)COc2ccccc2)c2ccc(NC(C)=O)cc2)cc1. The van der Waals surface area contributed by atoms with Crippen molar-refractivity contribution in [1.82, 2.24) is 0 Å². The highest BCUT2D eigenvalue weighted by Crippen LogP contribution is 2.34. The van der Waals surface area contributed by atoms with E-state index >= 15 is 0 Å². The normalized spacial score (nSPS) is 13.5. The molecule has 0 saturated heterocycles. The molecule has 5 N–H and O–H groups in total. The maximum Gasteiger partial charge on any atom is 0.221 e. The smallest absolute Gasteiger partial charge is 0.221 e. The zero-order chi connectivity index (χ0) is 26.1. The first-order chi connectivity index (χ1) is 17.2. The fraction of sp³-hybridized carbons (Fsp3) is 0.310. The lowest BCUT2D eigenvalue weighted by molar-refractivity contribution is -0.115. The topological polar surface area (TPSA) is 114 Å². The molecular formula is C29H35N3O4. The van der Waals surface area contributed by atoms with Gasteiger partial charge >= 0.3 is 0 Å². The molecule has 0 aliphatic carbocycles. The highest BCUT2D eigenvalue weighted by atomic mass is 16.5. The second-order valence-electron chi connectivity index (χ2n) is 9.14. The van der Waals surface area contributed by atoms with Crippen molar-refractivity contribution < 1.29 is 19.4 Å². The van der Waals surface area contributed by atoms with Crippen LogP contribution in [-0.4, -0.2) is 35.7 Å². The number of hydrogen-bond donors (Lipinski definition) is 4. The Labute approximate surface area is 212 Å². The van der Waals surface area contributed by atoms with Gasteiger partial charge in [0.2, 0.25) is 11.8 Å². The van der Waals surface area contributed by atoms with Crippen molar-refractivity contribution >= 4 is 23.2 Å². The molecule has 0 spiro atoms. The van der Waals surface area contributed by atoms with Crippen LogP contribution < -0.4 is 21.1 Å². The molecule has 0 aromatic heterocycles. The van der Waals surface area contributed by atoms with Crippen molar-refractivity contribution in [1.29, 1.82) is 0 Å². The minimum atomic E-state index is -0.829. The van der Waals surface area contributed by atoms with E-state index in [0.29, 0.717) is 12.2 Å². The van der Waals surface area contributed by atoms with E-state index in [1.165, 1.54) is 13.8 Å². The lowest BCUT2D eigenvalue weighted by atomic mass is 9.81. The van der Waals surface area contributed by atoms with Gasteiger partial charge in [0.05, 0.1) is 0 Å². The molecule has 7 nitrogen and oxygen atoms in total. The van der Waals surface area contributed by atoms with Crippen molar-refractivity contribution in [2.75, 3.05) is 17.2 Å². The summed E-state index contributed by atoms with van der Waals surface area (Å²) in [5.41, 5.74) is 10.0. The molecule has 2 amide bonds. The molecule has 3 atom stereocenters. The molecular weight excluding hydrogens is 454 g/mol. The van der Waals surface area contributed by atoms with E-state index in [9.17, 15) is 14.7 Å². The third kappa shape index (κ3) is 7.93. The van der Waals surface area contributed by atoms with Gasteiger partial charge in [0.1, 0.15) is 18.5 Å². The van der Waals surface area contributed by atoms with Crippen molar-refractivity contribution in [3.63, 3.8) is 0 Å². The van der Waals surface area contributed by atoms with Gasteiger partial charge in [0.25, 0.3) is 0 Å². The first-order valence-electron chi connectivity index (χ1n) is 12.1. The lowest BCUT2D eigenvalue weighted by Gasteiger charge is -2.29. The number of para-hydroxylation sites is 1. The van der Waals surface area contributed by atoms with Crippen LogP contribution in [0.4, 0.5) is 11.4 Å². The van der Waals surface area contributed by atoms with Crippen LogP contribution in [0.25, 0.3) is 0 Å². The van der Waals surface area contributed by atoms with Crippen LogP contribution in [0.15, 0.2) is 78.9 Å². The molecule has 3 aromatic rings. The molecule has 3 rings (SSSR count). The fourth-order valence-electron chi connectivity index (χ4n) is 4.19. The molecule has 3 aromatic carbocycles. The maximum atomic E-state index is 11.4. The summed E-state index contributed by atoms with van der Waals surface area (Å²) in [4.78, 5) is 22.8. The molecule has 7 heteroatoms. The van der Waals surface area contributed by atoms with Gasteiger partial charge in [0, 0.05) is 37.2 Å². The van der Waals surface area contributed by atoms with Crippen LogP contribution in [0.3, 0.4) is 0 Å². The van der Waals surface area contributed by atoms with Gasteiger partial charge in [-0.2, -0.15) is 0 Å². The fourth-order valence-corrected chi connectivity index (χ4v) is 4.19. The number of benzene rings is 3. The monoisotopic (exact) mass is 489 g/mol. The number of amides is 2. The molecule has 2 unspecified atom stereocenters. The van der Waals surface area contributed by atoms with Gasteiger partial charge in [-0.25, -0.2) is 0 Å². The first-order valence-corrected chi connectivity index (χ1v) is 12.1. The second-order valence-corrected chi connectivity index (χ2v) is 9.14. The summed E-state index contributed by atoms with van der Waals surface area (Å²) in [5.74, 6) is 0.395. The molecule has 0 fully saturated rings. The minimum Gasteiger partial charge on any atom is -0.491 e. The summed E-state index contributed by atoms with van der Waals surface area (Å²) in [7, 11) is 0. The van der Waals surface area contributed by atoms with E-state index in [1.54, 1.807) is 0 Å². The largest absolute Gasteiger partial charge is 0.491 e. The Kier molecular flexibility index (Phi) is 9.61. The van der Waals surface area contributed by atoms with Gasteiger partial charge in [-0.3, -0.25) is 9.59 Å². The number of carbonyl (C=O) groups excluding carboxylic acids is 2. The van der Waals surface area contributed by atoms with Gasteiger partial charge < -0.3 is 26.2 Å². The Morgan fingerprint density at radius 1 is 0.833 bits per heavy atom. The van der Waals surface area contributed by atoms with Crippen molar-refractivity contribution in [3.05, 3.63) is 90.0 Å². The van der Waals surface area contributed by atoms with E-state index in [1.807, 2.05) is 85.8 Å². The summed E-state index contributed by atoms with van der Waals surface area (Å²) in [6, 6.07) is 24.3. The van der Waals surface area contributed by atoms with E-state index in [0.717, 1.165) is 22.5 Å². The molecule has 0 radical (unpaired) electrons. The number of anilines is 2. The summed E-state index contributed by atoms with van der Waals surface area (Å²) >= 11 is 0. The molecule has 0 saturated carbocycles. The van der Waals surface area contributed by atoms with Crippen molar-refractivity contribution in [2.45, 2.75) is 45.3 Å². The predicted molar refractivity (Wildman–Crippen MR) is 143 cm³/mol. The molecule has 0 aliphatic heterocycles. The van der Waals surface area contributed by atoms with Crippen molar-refractivity contribution in [3.8, 4) is 5.75 Å². The number of aliphatic hydroxyl groups excluding tert-OH is 1. The average Bonchev–Trinajstić information content (AvgIpc) is 2.86. The van der Waals surface area contributed by atoms with E-state index in [4.69, 9.17) is 10.5 Å². The van der Waals surface area contributed by atoms with Crippen LogP contribution >= 0.6 is 0 Å². The number of ether oxygens (including phenoxy) is 1. The molecule has 0 bridgehead atoms. The molecule has 0 heterocycles. The standard InChI is InChI=1S/C29H35N3O4/c1-19(29(30)28(35)18-36-26-7-5-4-6-8-26)17-27(22-9-13-24(14-10-22)31-20(2)33)23-11-15-25(16-12-23)32-21(3)34/h4-16,19,27-29,35H,17-18,30H2,1-3H3,(H,31,33)(H,32,34)/t19?,28-,29?/m0/s1. The predicted octanol–water partition coefficient (Wildman–Crippen LogP) is 4.53. The number of aliphatic hydroxyl groups is 1. The number of nitrogens with one attached hydrogen (secondary N) is 2. The summed E-state index contributed by atoms with van der Waals surface area (Å²) in [6.45, 7) is 5.09. The second kappa shape index (κ2) is 12.9. The summed E-state index contributed by atoms with van der Waals surface area (Å²) in [6.07, 6.45) is -0.146. The van der Waals surface area contributed by atoms with Crippen LogP contribution in [0.1, 0.15) is 44.2 Å². The number of hydrogen-bond acceptors (Lipinski definition) is 5. The summed E-state index contributed by atoms with van der Waals surface area (Å²) in [5, 5.41) is 16.3. The lowest BCUT2D eigenvalue weighted by Crippen LogP contribution is -2.44. The number of carbonyl (C=O) groups is 2. The van der Waals surface area contributed by atoms with Gasteiger partial charge in [-0.15, -0.1) is 0 Å². The number of nitrogens with two attached hydrogens (primary N) is 1. The zero-order valence-corrected chi connectivity index (χ0v) is 21.0. The summed E-state index contributed by atoms with van der Waals surface area (Å²) < 4.78 is 5.70. The first kappa shape index (κ1) is 26.9. The van der Waals surface area contributed by atoms with Crippen LogP contribution in [0, 0.1) is 5.92 Å². The van der Waals surface area contributed by atoms with Crippen LogP contribution in [0.5, 0.6) is 5.75 Å². The van der Waals surface area contributed by atoms with E-state index < -0.39 is 12.1 Å². The van der Waals surface area contributed by atoms with Crippen LogP contribution in [0.2, 0.25) is 0 Å². The Balaban J connectivity index is 1.76. The zero-order valence-electron chi connectivity index (χ0n) is 21.0. The van der Waals surface area contributed by atoms with Crippen molar-refractivity contribution in [2.24, 2.45) is 11.7 Å². The average molecular weight is 490 g/mol. The molecule has 0 aliphatic rings. The maximum absolute atomic E-state index is 11.4. The Morgan fingerprint density at radius 2 is 1.31 bits per heavy atom. The highest BCUT2D eigenvalue weighted by Gasteiger charge is 2.26. The number of rotatable bonds is 11. The Morgan fingerprint density at radius 3 is 1.75 bits per heavy atom. The van der Waals surface area contributed by atoms with Crippen LogP contribution in [-0.2, 0) is 9.59 Å². The van der Waals surface area contributed by atoms with Gasteiger partial charge in [-0.1, -0.05) is 49.4 Å². The molecule has 190 valence electrons. The third-order valence-corrected chi connectivity index (χ3v) is 6.14. The highest BCUT2D eigenvalue weighted by molar-refractivity contribution is 5.89. The van der Waals surface area contributed by atoms with Gasteiger partial charge in [-0.05, 0) is 59.9 Å². The Bertz CT molecular complexity index is 1060. The third-order valence-electron chi connectivity index (χ3n) is 6.14. The molecule has 36 heavy (non-hydrogen) atoms. The van der Waals surface area contributed by atoms with E-state index in [-0.39, 0.29) is 30.3 Å². The Hall–Kier alpha value is -3.68. The quantitative estimate of drug-likeness (QED) is 0.316. The van der Waals surface area contributed by atoms with Gasteiger partial charge in [0.15, 0.2) is 0 Å². The minimum absolute atomic E-state index is 0.00829. The van der Waals surface area contributed by atoms with E-state index in [2.05, 4.69) is 10.6 Å².